The lowest BCUT2D eigenvalue weighted by Crippen LogP contribution is -2.59. The van der Waals surface area contributed by atoms with Crippen LogP contribution in [0.1, 0.15) is 23.1 Å². The lowest BCUT2D eigenvalue weighted by atomic mass is 9.80. The van der Waals surface area contributed by atoms with Crippen LogP contribution in [0.3, 0.4) is 0 Å². The predicted molar refractivity (Wildman–Crippen MR) is 177 cm³/mol. The fourth-order valence-electron chi connectivity index (χ4n) is 6.58. The number of ether oxygens (including phenoxy) is 3. The van der Waals surface area contributed by atoms with Crippen LogP contribution in [-0.4, -0.2) is 108 Å². The molecule has 1 fully saturated rings. The maximum atomic E-state index is 15.5. The third-order valence-electron chi connectivity index (χ3n) is 8.54. The van der Waals surface area contributed by atoms with Crippen molar-refractivity contribution in [1.29, 1.82) is 0 Å². The molecule has 0 aromatic heterocycles. The Bertz CT molecular complexity index is 1820. The quantitative estimate of drug-likeness (QED) is 0.340. The molecule has 2 aliphatic rings. The number of sulfonamides is 1. The monoisotopic (exact) mass is 686 g/mol. The van der Waals surface area contributed by atoms with Crippen LogP contribution in [-0.2, 0) is 31.7 Å². The first-order valence-corrected chi connectivity index (χ1v) is 16.6. The highest BCUT2D eigenvalue weighted by Gasteiger charge is 2.64. The van der Waals surface area contributed by atoms with Gasteiger partial charge in [-0.1, -0.05) is 17.7 Å². The van der Waals surface area contributed by atoms with Gasteiger partial charge in [0.05, 0.1) is 39.2 Å². The van der Waals surface area contributed by atoms with Crippen LogP contribution >= 0.6 is 11.6 Å². The van der Waals surface area contributed by atoms with Gasteiger partial charge in [0.25, 0.3) is 15.9 Å². The normalized spacial score (nSPS) is 21.2. The second kappa shape index (κ2) is 13.0. The van der Waals surface area contributed by atoms with Crippen molar-refractivity contribution in [2.24, 2.45) is 0 Å². The van der Waals surface area contributed by atoms with Gasteiger partial charge in [-0.25, -0.2) is 12.7 Å². The molecular formula is C33H39ClN4O8S. The van der Waals surface area contributed by atoms with E-state index in [4.69, 9.17) is 25.8 Å². The number of amides is 2. The number of hydrogen-bond donors (Lipinski definition) is 1. The summed E-state index contributed by atoms with van der Waals surface area (Å²) < 4.78 is 46.8. The number of aliphatic hydroxyl groups is 1. The number of rotatable bonds is 10. The zero-order chi connectivity index (χ0) is 34.4. The largest absolute Gasteiger partial charge is 0.497 e. The summed E-state index contributed by atoms with van der Waals surface area (Å²) in [4.78, 5) is 33.9. The van der Waals surface area contributed by atoms with Gasteiger partial charge in [0.2, 0.25) is 5.91 Å². The molecule has 1 saturated heterocycles. The average molecular weight is 687 g/mol. The van der Waals surface area contributed by atoms with Crippen molar-refractivity contribution in [2.45, 2.75) is 35.5 Å². The molecule has 3 atom stereocenters. The van der Waals surface area contributed by atoms with Crippen LogP contribution in [0.15, 0.2) is 59.5 Å². The predicted octanol–water partition coefficient (Wildman–Crippen LogP) is 2.93. The van der Waals surface area contributed by atoms with Crippen LogP contribution in [0.25, 0.3) is 0 Å². The van der Waals surface area contributed by atoms with Crippen molar-refractivity contribution < 1.29 is 37.3 Å². The second-order valence-corrected chi connectivity index (χ2v) is 14.2. The van der Waals surface area contributed by atoms with E-state index < -0.39 is 33.6 Å². The van der Waals surface area contributed by atoms with Crippen molar-refractivity contribution in [1.82, 2.24) is 14.7 Å². The van der Waals surface area contributed by atoms with Crippen molar-refractivity contribution in [3.8, 4) is 17.2 Å². The standard InChI is InChI=1S/C33H39ClN4O8S/c1-35(2)18-20-8-12-28(45-6)25(14-20)33(37-19-22(39)16-27(37)31(40)36(3)4)24-15-21(34)9-11-26(24)38(32(33)41)47(42,43)30-13-10-23(44-5)17-29(30)46-7/h8-15,17,22,27,39H,16,18-19H2,1-7H3/t22-,27+,33?/m1/s1. The van der Waals surface area contributed by atoms with Crippen molar-refractivity contribution in [3.05, 3.63) is 76.3 Å². The molecule has 5 rings (SSSR count). The zero-order valence-electron chi connectivity index (χ0n) is 27.4. The Labute approximate surface area is 280 Å². The summed E-state index contributed by atoms with van der Waals surface area (Å²) in [6.07, 6.45) is -0.986. The van der Waals surface area contributed by atoms with Crippen molar-refractivity contribution >= 4 is 39.1 Å². The summed E-state index contributed by atoms with van der Waals surface area (Å²) in [7, 11) is 6.50. The lowest BCUT2D eigenvalue weighted by molar-refractivity contribution is -0.138. The summed E-state index contributed by atoms with van der Waals surface area (Å²) in [5.41, 5.74) is -0.617. The first-order chi connectivity index (χ1) is 22.2. The average Bonchev–Trinajstić information content (AvgIpc) is 3.54. The van der Waals surface area contributed by atoms with Crippen LogP contribution in [0.4, 0.5) is 5.69 Å². The molecular weight excluding hydrogens is 648 g/mol. The summed E-state index contributed by atoms with van der Waals surface area (Å²) in [6, 6.07) is 13.0. The molecule has 2 amide bonds. The Morgan fingerprint density at radius 3 is 2.28 bits per heavy atom. The van der Waals surface area contributed by atoms with E-state index in [-0.39, 0.29) is 51.5 Å². The van der Waals surface area contributed by atoms with Crippen LogP contribution in [0.2, 0.25) is 5.02 Å². The molecule has 3 aromatic carbocycles. The van der Waals surface area contributed by atoms with Gasteiger partial charge in [-0.3, -0.25) is 14.5 Å². The Balaban J connectivity index is 1.89. The van der Waals surface area contributed by atoms with E-state index in [1.165, 1.54) is 62.6 Å². The Morgan fingerprint density at radius 1 is 0.957 bits per heavy atom. The first-order valence-electron chi connectivity index (χ1n) is 14.8. The Kier molecular flexibility index (Phi) is 9.50. The van der Waals surface area contributed by atoms with Gasteiger partial charge in [-0.15, -0.1) is 0 Å². The molecule has 0 saturated carbocycles. The van der Waals surface area contributed by atoms with E-state index in [0.29, 0.717) is 17.9 Å². The number of nitrogens with zero attached hydrogens (tertiary/aromatic N) is 4. The number of likely N-dealkylation sites (N-methyl/N-ethyl adjacent to an activating group) is 1. The highest BCUT2D eigenvalue weighted by Crippen LogP contribution is 2.55. The van der Waals surface area contributed by atoms with E-state index in [1.807, 2.05) is 25.1 Å². The van der Waals surface area contributed by atoms with E-state index in [2.05, 4.69) is 0 Å². The van der Waals surface area contributed by atoms with Gasteiger partial charge in [0.1, 0.15) is 22.1 Å². The minimum atomic E-state index is -4.68. The van der Waals surface area contributed by atoms with Crippen molar-refractivity contribution in [3.63, 3.8) is 0 Å². The molecule has 252 valence electrons. The molecule has 0 bridgehead atoms. The molecule has 47 heavy (non-hydrogen) atoms. The number of hydrogen-bond acceptors (Lipinski definition) is 10. The van der Waals surface area contributed by atoms with Crippen LogP contribution in [0, 0.1) is 0 Å². The second-order valence-electron chi connectivity index (χ2n) is 12.0. The third kappa shape index (κ3) is 5.69. The molecule has 1 unspecified atom stereocenters. The number of aliphatic hydroxyl groups excluding tert-OH is 1. The maximum absolute atomic E-state index is 15.5. The van der Waals surface area contributed by atoms with E-state index in [0.717, 1.165) is 9.87 Å². The minimum Gasteiger partial charge on any atom is -0.497 e. The Morgan fingerprint density at radius 2 is 1.66 bits per heavy atom. The third-order valence-corrected chi connectivity index (χ3v) is 10.5. The number of carbonyl (C=O) groups is 2. The number of likely N-dealkylation sites (tertiary alicyclic amines) is 1. The van der Waals surface area contributed by atoms with Gasteiger partial charge in [-0.05, 0) is 68.5 Å². The highest BCUT2D eigenvalue weighted by molar-refractivity contribution is 7.93. The van der Waals surface area contributed by atoms with Gasteiger partial charge in [-0.2, -0.15) is 0 Å². The number of halogens is 1. The number of carbonyl (C=O) groups excluding carboxylic acids is 2. The topological polar surface area (TPSA) is 129 Å². The molecule has 2 heterocycles. The highest BCUT2D eigenvalue weighted by atomic mass is 35.5. The molecule has 2 aliphatic heterocycles. The van der Waals surface area contributed by atoms with Gasteiger partial charge < -0.3 is 29.1 Å². The molecule has 0 spiro atoms. The van der Waals surface area contributed by atoms with E-state index >= 15 is 4.79 Å². The van der Waals surface area contributed by atoms with Crippen LogP contribution < -0.4 is 18.5 Å². The summed E-state index contributed by atoms with van der Waals surface area (Å²) in [5, 5.41) is 11.3. The zero-order valence-corrected chi connectivity index (χ0v) is 28.9. The SMILES string of the molecule is COc1ccc(S(=O)(=O)N2C(=O)C(c3cc(CN(C)C)ccc3OC)(N3C[C@H](O)C[C@H]3C(=O)N(C)C)c3cc(Cl)ccc32)c(OC)c1. The van der Waals surface area contributed by atoms with Crippen molar-refractivity contribution in [2.75, 3.05) is 60.4 Å². The summed E-state index contributed by atoms with van der Waals surface area (Å²) in [5.74, 6) is -0.649. The molecule has 3 aromatic rings. The fourth-order valence-corrected chi connectivity index (χ4v) is 8.36. The number of fused-ring (bicyclic) bond motifs is 1. The summed E-state index contributed by atoms with van der Waals surface area (Å²) in [6.45, 7) is 0.361. The summed E-state index contributed by atoms with van der Waals surface area (Å²) >= 11 is 6.61. The van der Waals surface area contributed by atoms with Gasteiger partial charge >= 0.3 is 0 Å². The molecule has 0 radical (unpaired) electrons. The van der Waals surface area contributed by atoms with Gasteiger partial charge in [0.15, 0.2) is 5.54 Å². The molecule has 0 aliphatic carbocycles. The Hall–Kier alpha value is -3.88. The minimum absolute atomic E-state index is 0.0146. The lowest BCUT2D eigenvalue weighted by Gasteiger charge is -2.42. The fraction of sp³-hybridized carbons (Fsp3) is 0.394. The first kappa shape index (κ1) is 34.5. The smallest absolute Gasteiger partial charge is 0.274 e. The van der Waals surface area contributed by atoms with E-state index in [1.54, 1.807) is 31.1 Å². The number of benzene rings is 3. The van der Waals surface area contributed by atoms with Crippen LogP contribution in [0.5, 0.6) is 17.2 Å². The number of anilines is 1. The molecule has 14 heteroatoms. The van der Waals surface area contributed by atoms with Gasteiger partial charge in [0, 0.05) is 49.4 Å². The number of methoxy groups -OCH3 is 3. The molecule has 12 nitrogen and oxygen atoms in total. The maximum Gasteiger partial charge on any atom is 0.274 e. The number of β-amino-alcohol motifs (C(OH)–C–C–N with tert-alkyl or cyclic N) is 1. The molecule has 1 N–H and O–H groups in total. The van der Waals surface area contributed by atoms with E-state index in [9.17, 15) is 18.3 Å².